The van der Waals surface area contributed by atoms with Gasteiger partial charge in [-0.25, -0.2) is 4.98 Å². The van der Waals surface area contributed by atoms with Crippen LogP contribution in [-0.2, 0) is 4.79 Å². The summed E-state index contributed by atoms with van der Waals surface area (Å²) < 4.78 is 5.74. The summed E-state index contributed by atoms with van der Waals surface area (Å²) in [5.41, 5.74) is 1.95. The molecule has 0 aliphatic heterocycles. The fraction of sp³-hybridized carbons (Fsp3) is 0.0909. The molecule has 0 radical (unpaired) electrons. The number of pyridine rings is 1. The van der Waals surface area contributed by atoms with E-state index in [-0.39, 0.29) is 11.9 Å². The van der Waals surface area contributed by atoms with Gasteiger partial charge in [0.15, 0.2) is 0 Å². The van der Waals surface area contributed by atoms with Crippen LogP contribution in [-0.4, -0.2) is 10.9 Å². The zero-order valence-corrected chi connectivity index (χ0v) is 14.5. The highest BCUT2D eigenvalue weighted by Gasteiger charge is 2.09. The van der Waals surface area contributed by atoms with E-state index in [9.17, 15) is 4.79 Å². The predicted octanol–water partition coefficient (Wildman–Crippen LogP) is 4.76. The van der Waals surface area contributed by atoms with Gasteiger partial charge in [0, 0.05) is 18.3 Å². The van der Waals surface area contributed by atoms with Crippen molar-refractivity contribution in [2.24, 2.45) is 0 Å². The summed E-state index contributed by atoms with van der Waals surface area (Å²) in [7, 11) is 0. The van der Waals surface area contributed by atoms with Gasteiger partial charge >= 0.3 is 0 Å². The zero-order valence-electron chi connectivity index (χ0n) is 14.5. The molecule has 0 aliphatic carbocycles. The van der Waals surface area contributed by atoms with Gasteiger partial charge in [0.05, 0.1) is 6.04 Å². The fourth-order valence-electron chi connectivity index (χ4n) is 2.46. The standard InChI is InChI=1S/C22H20N2O2/c1-17(24-21(25)14-13-18-8-3-2-4-9-18)19-10-7-11-20(16-19)26-22-12-5-6-15-23-22/h2-17H,1H3,(H,24,25)/t17-/m0/s1. The van der Waals surface area contributed by atoms with E-state index in [4.69, 9.17) is 4.74 Å². The normalized spacial score (nSPS) is 11.9. The summed E-state index contributed by atoms with van der Waals surface area (Å²) in [6.07, 6.45) is 5.02. The SMILES string of the molecule is C[C@H](NC(=O)C=Cc1ccccc1)c1cccc(Oc2ccccn2)c1. The highest BCUT2D eigenvalue weighted by Crippen LogP contribution is 2.23. The molecular formula is C22H20N2O2. The first kappa shape index (κ1) is 17.4. The third kappa shape index (κ3) is 5.05. The van der Waals surface area contributed by atoms with Crippen LogP contribution in [0.15, 0.2) is 85.1 Å². The van der Waals surface area contributed by atoms with E-state index < -0.39 is 0 Å². The van der Waals surface area contributed by atoms with Gasteiger partial charge in [-0.1, -0.05) is 48.5 Å². The van der Waals surface area contributed by atoms with Crippen molar-refractivity contribution in [3.05, 3.63) is 96.2 Å². The van der Waals surface area contributed by atoms with Crippen LogP contribution in [0.1, 0.15) is 24.1 Å². The van der Waals surface area contributed by atoms with E-state index in [0.29, 0.717) is 11.6 Å². The smallest absolute Gasteiger partial charge is 0.244 e. The lowest BCUT2D eigenvalue weighted by Crippen LogP contribution is -2.24. The van der Waals surface area contributed by atoms with E-state index in [1.165, 1.54) is 0 Å². The number of rotatable bonds is 6. The average Bonchev–Trinajstić information content (AvgIpc) is 2.68. The van der Waals surface area contributed by atoms with Crippen molar-refractivity contribution in [1.82, 2.24) is 10.3 Å². The minimum atomic E-state index is -0.143. The van der Waals surface area contributed by atoms with Gasteiger partial charge in [0.1, 0.15) is 5.75 Å². The molecule has 0 bridgehead atoms. The molecular weight excluding hydrogens is 324 g/mol. The Morgan fingerprint density at radius 2 is 1.85 bits per heavy atom. The van der Waals surface area contributed by atoms with Crippen LogP contribution >= 0.6 is 0 Å². The maximum absolute atomic E-state index is 12.1. The van der Waals surface area contributed by atoms with Crippen molar-refractivity contribution in [3.63, 3.8) is 0 Å². The summed E-state index contributed by atoms with van der Waals surface area (Å²) in [5.74, 6) is 1.08. The Bertz CT molecular complexity index is 877. The molecule has 0 spiro atoms. The number of aromatic nitrogens is 1. The lowest BCUT2D eigenvalue weighted by Gasteiger charge is -2.14. The Balaban J connectivity index is 1.62. The van der Waals surface area contributed by atoms with Gasteiger partial charge in [-0.05, 0) is 42.3 Å². The Labute approximate surface area is 153 Å². The Morgan fingerprint density at radius 3 is 2.62 bits per heavy atom. The van der Waals surface area contributed by atoms with E-state index >= 15 is 0 Å². The summed E-state index contributed by atoms with van der Waals surface area (Å²) >= 11 is 0. The van der Waals surface area contributed by atoms with Crippen LogP contribution in [0.4, 0.5) is 0 Å². The second-order valence-corrected chi connectivity index (χ2v) is 5.82. The van der Waals surface area contributed by atoms with Gasteiger partial charge in [0.25, 0.3) is 0 Å². The minimum Gasteiger partial charge on any atom is -0.439 e. The summed E-state index contributed by atoms with van der Waals surface area (Å²) in [6.45, 7) is 1.94. The van der Waals surface area contributed by atoms with Gasteiger partial charge < -0.3 is 10.1 Å². The van der Waals surface area contributed by atoms with Crippen LogP contribution < -0.4 is 10.1 Å². The van der Waals surface area contributed by atoms with Crippen molar-refractivity contribution in [2.45, 2.75) is 13.0 Å². The Hall–Kier alpha value is -3.40. The molecule has 1 heterocycles. The van der Waals surface area contributed by atoms with Crippen molar-refractivity contribution >= 4 is 12.0 Å². The van der Waals surface area contributed by atoms with Crippen molar-refractivity contribution < 1.29 is 9.53 Å². The lowest BCUT2D eigenvalue weighted by molar-refractivity contribution is -0.117. The second kappa shape index (κ2) is 8.62. The van der Waals surface area contributed by atoms with Crippen molar-refractivity contribution in [3.8, 4) is 11.6 Å². The molecule has 2 aromatic carbocycles. The van der Waals surface area contributed by atoms with Crippen molar-refractivity contribution in [1.29, 1.82) is 0 Å². The number of ether oxygens (including phenoxy) is 1. The predicted molar refractivity (Wildman–Crippen MR) is 103 cm³/mol. The number of nitrogens with one attached hydrogen (secondary N) is 1. The molecule has 4 heteroatoms. The van der Waals surface area contributed by atoms with Crippen LogP contribution in [0.5, 0.6) is 11.6 Å². The van der Waals surface area contributed by atoms with Gasteiger partial charge in [-0.15, -0.1) is 0 Å². The van der Waals surface area contributed by atoms with E-state index in [1.54, 1.807) is 24.4 Å². The van der Waals surface area contributed by atoms with Gasteiger partial charge in [-0.2, -0.15) is 0 Å². The molecule has 1 amide bonds. The zero-order chi connectivity index (χ0) is 18.2. The molecule has 1 aromatic heterocycles. The van der Waals surface area contributed by atoms with E-state index in [1.807, 2.05) is 73.7 Å². The monoisotopic (exact) mass is 344 g/mol. The number of carbonyl (C=O) groups excluding carboxylic acids is 1. The first-order chi connectivity index (χ1) is 12.7. The number of amides is 1. The molecule has 1 N–H and O–H groups in total. The summed E-state index contributed by atoms with van der Waals surface area (Å²) in [6, 6.07) is 22.7. The Kier molecular flexibility index (Phi) is 5.78. The molecule has 0 saturated carbocycles. The highest BCUT2D eigenvalue weighted by molar-refractivity contribution is 5.91. The lowest BCUT2D eigenvalue weighted by atomic mass is 10.1. The molecule has 0 aliphatic rings. The number of hydrogen-bond donors (Lipinski definition) is 1. The summed E-state index contributed by atoms with van der Waals surface area (Å²) in [4.78, 5) is 16.3. The number of hydrogen-bond acceptors (Lipinski definition) is 3. The number of nitrogens with zero attached hydrogens (tertiary/aromatic N) is 1. The molecule has 1 atom stereocenters. The van der Waals surface area contributed by atoms with E-state index in [2.05, 4.69) is 10.3 Å². The molecule has 0 saturated heterocycles. The third-order valence-electron chi connectivity index (χ3n) is 3.80. The van der Waals surface area contributed by atoms with Crippen molar-refractivity contribution in [2.75, 3.05) is 0 Å². The molecule has 26 heavy (non-hydrogen) atoms. The summed E-state index contributed by atoms with van der Waals surface area (Å²) in [5, 5.41) is 2.96. The second-order valence-electron chi connectivity index (χ2n) is 5.82. The third-order valence-corrected chi connectivity index (χ3v) is 3.80. The minimum absolute atomic E-state index is 0.141. The molecule has 3 aromatic rings. The molecule has 0 fully saturated rings. The quantitative estimate of drug-likeness (QED) is 0.656. The number of benzene rings is 2. The van der Waals surface area contributed by atoms with Crippen LogP contribution in [0, 0.1) is 0 Å². The number of carbonyl (C=O) groups is 1. The first-order valence-corrected chi connectivity index (χ1v) is 8.43. The van der Waals surface area contributed by atoms with Gasteiger partial charge in [0.2, 0.25) is 11.8 Å². The van der Waals surface area contributed by atoms with E-state index in [0.717, 1.165) is 11.1 Å². The molecule has 130 valence electrons. The first-order valence-electron chi connectivity index (χ1n) is 8.43. The van der Waals surface area contributed by atoms with Crippen LogP contribution in [0.25, 0.3) is 6.08 Å². The Morgan fingerprint density at radius 1 is 1.04 bits per heavy atom. The molecule has 4 nitrogen and oxygen atoms in total. The fourth-order valence-corrected chi connectivity index (χ4v) is 2.46. The molecule has 3 rings (SSSR count). The van der Waals surface area contributed by atoms with Gasteiger partial charge in [-0.3, -0.25) is 4.79 Å². The van der Waals surface area contributed by atoms with Crippen LogP contribution in [0.2, 0.25) is 0 Å². The topological polar surface area (TPSA) is 51.2 Å². The largest absolute Gasteiger partial charge is 0.439 e. The molecule has 0 unspecified atom stereocenters. The maximum atomic E-state index is 12.1. The highest BCUT2D eigenvalue weighted by atomic mass is 16.5. The van der Waals surface area contributed by atoms with Crippen LogP contribution in [0.3, 0.4) is 0 Å². The average molecular weight is 344 g/mol. The maximum Gasteiger partial charge on any atom is 0.244 e.